The number of nitrogens with zero attached hydrogens (tertiary/aromatic N) is 1. The number of thiocarbonyl (C=S) groups is 1. The Bertz CT molecular complexity index is 684. The molecule has 0 amide bonds. The lowest BCUT2D eigenvalue weighted by molar-refractivity contribution is -0.137. The van der Waals surface area contributed by atoms with Crippen LogP contribution in [0.5, 0.6) is 0 Å². The molecule has 2 rings (SSSR count). The number of halogens is 3. The molecule has 2 N–H and O–H groups in total. The van der Waals surface area contributed by atoms with Crippen LogP contribution in [0.1, 0.15) is 16.7 Å². The van der Waals surface area contributed by atoms with Crippen LogP contribution in [0.4, 0.5) is 13.2 Å². The summed E-state index contributed by atoms with van der Waals surface area (Å²) in [7, 11) is 0. The zero-order chi connectivity index (χ0) is 16.7. The first-order valence-corrected chi connectivity index (χ1v) is 7.14. The first-order chi connectivity index (χ1) is 10.9. The molecule has 0 saturated carbocycles. The van der Waals surface area contributed by atoms with E-state index in [9.17, 15) is 13.2 Å². The Morgan fingerprint density at radius 3 is 2.52 bits per heavy atom. The highest BCUT2D eigenvalue weighted by Crippen LogP contribution is 2.29. The molecule has 0 bridgehead atoms. The van der Waals surface area contributed by atoms with Gasteiger partial charge in [-0.05, 0) is 35.5 Å². The molecular formula is C16H14F3N3S. The molecule has 2 aromatic carbocycles. The van der Waals surface area contributed by atoms with Gasteiger partial charge in [-0.15, -0.1) is 0 Å². The van der Waals surface area contributed by atoms with E-state index in [4.69, 9.17) is 12.2 Å². The van der Waals surface area contributed by atoms with E-state index in [0.717, 1.165) is 17.7 Å². The molecule has 0 heterocycles. The molecule has 23 heavy (non-hydrogen) atoms. The number of hydrogen-bond acceptors (Lipinski definition) is 2. The van der Waals surface area contributed by atoms with Crippen molar-refractivity contribution >= 4 is 23.5 Å². The van der Waals surface area contributed by atoms with Gasteiger partial charge in [-0.2, -0.15) is 18.3 Å². The fourth-order valence-electron chi connectivity index (χ4n) is 1.78. The number of benzene rings is 2. The third-order valence-corrected chi connectivity index (χ3v) is 3.13. The number of hydrogen-bond donors (Lipinski definition) is 2. The van der Waals surface area contributed by atoms with Gasteiger partial charge in [0.15, 0.2) is 5.11 Å². The Labute approximate surface area is 137 Å². The molecule has 7 heteroatoms. The molecule has 0 saturated heterocycles. The molecule has 0 spiro atoms. The van der Waals surface area contributed by atoms with E-state index >= 15 is 0 Å². The zero-order valence-electron chi connectivity index (χ0n) is 12.0. The van der Waals surface area contributed by atoms with E-state index in [1.54, 1.807) is 0 Å². The molecule has 0 aromatic heterocycles. The molecule has 0 radical (unpaired) electrons. The zero-order valence-corrected chi connectivity index (χ0v) is 12.8. The third-order valence-electron chi connectivity index (χ3n) is 2.89. The van der Waals surface area contributed by atoms with Crippen molar-refractivity contribution in [2.24, 2.45) is 5.10 Å². The second kappa shape index (κ2) is 7.73. The van der Waals surface area contributed by atoms with Crippen LogP contribution in [0.2, 0.25) is 0 Å². The smallest absolute Gasteiger partial charge is 0.357 e. The summed E-state index contributed by atoms with van der Waals surface area (Å²) in [6.45, 7) is 0.533. The largest absolute Gasteiger partial charge is 0.416 e. The average Bonchev–Trinajstić information content (AvgIpc) is 2.53. The van der Waals surface area contributed by atoms with Crippen LogP contribution in [-0.4, -0.2) is 11.3 Å². The predicted octanol–water partition coefficient (Wildman–Crippen LogP) is 3.70. The van der Waals surface area contributed by atoms with Crippen molar-refractivity contribution in [1.82, 2.24) is 10.7 Å². The van der Waals surface area contributed by atoms with Crippen molar-refractivity contribution in [1.29, 1.82) is 0 Å². The molecule has 0 aliphatic rings. The van der Waals surface area contributed by atoms with Gasteiger partial charge in [0.05, 0.1) is 11.8 Å². The first-order valence-electron chi connectivity index (χ1n) is 6.73. The molecule has 120 valence electrons. The minimum Gasteiger partial charge on any atom is -0.357 e. The van der Waals surface area contributed by atoms with Gasteiger partial charge in [-0.1, -0.05) is 42.5 Å². The fourth-order valence-corrected chi connectivity index (χ4v) is 1.90. The molecule has 3 nitrogen and oxygen atoms in total. The molecule has 0 aliphatic heterocycles. The molecule has 0 atom stereocenters. The minimum atomic E-state index is -4.37. The number of nitrogens with one attached hydrogen (secondary N) is 2. The van der Waals surface area contributed by atoms with Gasteiger partial charge < -0.3 is 5.32 Å². The molecule has 0 fully saturated rings. The Kier molecular flexibility index (Phi) is 5.70. The summed E-state index contributed by atoms with van der Waals surface area (Å²) in [5.41, 5.74) is 3.24. The standard InChI is InChI=1S/C16H14F3N3S/c17-16(18,19)14-8-4-7-13(9-14)11-21-22-15(23)20-10-12-5-2-1-3-6-12/h1-9,11H,10H2,(H2,20,22,23)/b21-11-. The van der Waals surface area contributed by atoms with Crippen LogP contribution >= 0.6 is 12.2 Å². The lowest BCUT2D eigenvalue weighted by atomic mass is 10.1. The van der Waals surface area contributed by atoms with Gasteiger partial charge in [0, 0.05) is 6.54 Å². The summed E-state index contributed by atoms with van der Waals surface area (Å²) in [5.74, 6) is 0. The summed E-state index contributed by atoms with van der Waals surface area (Å²) < 4.78 is 37.8. The average molecular weight is 337 g/mol. The topological polar surface area (TPSA) is 36.4 Å². The van der Waals surface area contributed by atoms with E-state index in [0.29, 0.717) is 12.1 Å². The quantitative estimate of drug-likeness (QED) is 0.507. The van der Waals surface area contributed by atoms with E-state index < -0.39 is 11.7 Å². The van der Waals surface area contributed by atoms with Gasteiger partial charge in [-0.3, -0.25) is 5.43 Å². The normalized spacial score (nSPS) is 11.4. The predicted molar refractivity (Wildman–Crippen MR) is 88.1 cm³/mol. The van der Waals surface area contributed by atoms with Crippen LogP contribution in [0.15, 0.2) is 59.7 Å². The third kappa shape index (κ3) is 5.71. The maximum atomic E-state index is 12.6. The highest BCUT2D eigenvalue weighted by Gasteiger charge is 2.30. The Hall–Kier alpha value is -2.41. The van der Waals surface area contributed by atoms with Gasteiger partial charge in [-0.25, -0.2) is 0 Å². The highest BCUT2D eigenvalue weighted by atomic mass is 32.1. The van der Waals surface area contributed by atoms with Crippen molar-refractivity contribution in [3.8, 4) is 0 Å². The lowest BCUT2D eigenvalue weighted by Gasteiger charge is -2.07. The second-order valence-corrected chi connectivity index (χ2v) is 5.07. The molecule has 2 aromatic rings. The van der Waals surface area contributed by atoms with Crippen LogP contribution in [0, 0.1) is 0 Å². The maximum Gasteiger partial charge on any atom is 0.416 e. The summed E-state index contributed by atoms with van der Waals surface area (Å²) in [4.78, 5) is 0. The molecule has 0 unspecified atom stereocenters. The van der Waals surface area contributed by atoms with Crippen molar-refractivity contribution in [3.05, 3.63) is 71.3 Å². The van der Waals surface area contributed by atoms with Gasteiger partial charge in [0.1, 0.15) is 0 Å². The van der Waals surface area contributed by atoms with Crippen molar-refractivity contribution in [2.45, 2.75) is 12.7 Å². The monoisotopic (exact) mass is 337 g/mol. The van der Waals surface area contributed by atoms with E-state index in [2.05, 4.69) is 15.8 Å². The van der Waals surface area contributed by atoms with Gasteiger partial charge in [0.25, 0.3) is 0 Å². The minimum absolute atomic E-state index is 0.289. The maximum absolute atomic E-state index is 12.6. The van der Waals surface area contributed by atoms with Crippen molar-refractivity contribution in [3.63, 3.8) is 0 Å². The summed E-state index contributed by atoms with van der Waals surface area (Å²) in [6.07, 6.45) is -3.09. The highest BCUT2D eigenvalue weighted by molar-refractivity contribution is 7.80. The number of hydrazone groups is 1. The van der Waals surface area contributed by atoms with Crippen molar-refractivity contribution < 1.29 is 13.2 Å². The summed E-state index contributed by atoms with van der Waals surface area (Å²) in [5, 5.41) is 7.07. The van der Waals surface area contributed by atoms with E-state index in [-0.39, 0.29) is 5.11 Å². The Balaban J connectivity index is 1.85. The van der Waals surface area contributed by atoms with Crippen LogP contribution < -0.4 is 10.7 Å². The summed E-state index contributed by atoms with van der Waals surface area (Å²) in [6, 6.07) is 14.5. The Morgan fingerprint density at radius 1 is 1.09 bits per heavy atom. The number of rotatable bonds is 4. The molecule has 0 aliphatic carbocycles. The van der Waals surface area contributed by atoms with E-state index in [1.807, 2.05) is 30.3 Å². The second-order valence-electron chi connectivity index (χ2n) is 4.66. The van der Waals surface area contributed by atoms with E-state index in [1.165, 1.54) is 18.3 Å². The van der Waals surface area contributed by atoms with Crippen molar-refractivity contribution in [2.75, 3.05) is 0 Å². The summed E-state index contributed by atoms with van der Waals surface area (Å²) >= 11 is 5.04. The van der Waals surface area contributed by atoms with Gasteiger partial charge in [0.2, 0.25) is 0 Å². The van der Waals surface area contributed by atoms with Gasteiger partial charge >= 0.3 is 6.18 Å². The lowest BCUT2D eigenvalue weighted by Crippen LogP contribution is -2.31. The van der Waals surface area contributed by atoms with Crippen LogP contribution in [0.25, 0.3) is 0 Å². The SMILES string of the molecule is FC(F)(F)c1cccc(/C=N\NC(=S)NCc2ccccc2)c1. The van der Waals surface area contributed by atoms with Crippen LogP contribution in [0.3, 0.4) is 0 Å². The first kappa shape index (κ1) is 17.0. The number of alkyl halides is 3. The fraction of sp³-hybridized carbons (Fsp3) is 0.125. The molecular weight excluding hydrogens is 323 g/mol. The Morgan fingerprint density at radius 2 is 1.83 bits per heavy atom. The van der Waals surface area contributed by atoms with Crippen LogP contribution in [-0.2, 0) is 12.7 Å².